The Hall–Kier alpha value is -2.20. The fourth-order valence-corrected chi connectivity index (χ4v) is 3.35. The van der Waals surface area contributed by atoms with Crippen molar-refractivity contribution in [2.24, 2.45) is 0 Å². The molecule has 4 rings (SSSR count). The third-order valence-electron chi connectivity index (χ3n) is 4.39. The maximum absolute atomic E-state index is 13.7. The minimum absolute atomic E-state index is 0.222. The number of hydrogen-bond donors (Lipinski definition) is 0. The van der Waals surface area contributed by atoms with Gasteiger partial charge >= 0.3 is 0 Å². The number of likely N-dealkylation sites (N-methyl/N-ethyl adjacent to an activating group) is 1. The van der Waals surface area contributed by atoms with Crippen LogP contribution in [-0.2, 0) is 13.0 Å². The number of fused-ring (bicyclic) bond motifs is 3. The van der Waals surface area contributed by atoms with E-state index in [1.807, 2.05) is 6.07 Å². The zero-order valence-corrected chi connectivity index (χ0v) is 12.3. The van der Waals surface area contributed by atoms with Crippen LogP contribution in [-0.4, -0.2) is 23.1 Å². The Labute approximate surface area is 127 Å². The van der Waals surface area contributed by atoms with Crippen LogP contribution >= 0.6 is 0 Å². The first-order valence-corrected chi connectivity index (χ1v) is 7.39. The molecule has 0 amide bonds. The van der Waals surface area contributed by atoms with Gasteiger partial charge in [-0.05, 0) is 55.1 Å². The van der Waals surface area contributed by atoms with Crippen LogP contribution in [0.15, 0.2) is 42.5 Å². The van der Waals surface area contributed by atoms with Gasteiger partial charge in [-0.25, -0.2) is 8.78 Å². The molecule has 2 nitrogen and oxygen atoms in total. The molecule has 0 bridgehead atoms. The Morgan fingerprint density at radius 3 is 2.45 bits per heavy atom. The molecule has 0 saturated carbocycles. The van der Waals surface area contributed by atoms with Gasteiger partial charge in [0, 0.05) is 36.3 Å². The lowest BCUT2D eigenvalue weighted by Crippen LogP contribution is -2.27. The van der Waals surface area contributed by atoms with Crippen molar-refractivity contribution in [2.75, 3.05) is 13.6 Å². The Morgan fingerprint density at radius 2 is 1.68 bits per heavy atom. The molecule has 0 saturated heterocycles. The van der Waals surface area contributed by atoms with E-state index in [1.54, 1.807) is 18.2 Å². The first-order chi connectivity index (χ1) is 10.6. The number of aromatic nitrogens is 1. The summed E-state index contributed by atoms with van der Waals surface area (Å²) in [4.78, 5) is 2.24. The average Bonchev–Trinajstić information content (AvgIpc) is 2.81. The summed E-state index contributed by atoms with van der Waals surface area (Å²) in [6.07, 6.45) is 0.902. The molecule has 4 heteroatoms. The molecule has 0 N–H and O–H groups in total. The summed E-state index contributed by atoms with van der Waals surface area (Å²) in [6.45, 7) is 1.77. The Balaban J connectivity index is 2.03. The highest BCUT2D eigenvalue weighted by molar-refractivity contribution is 5.87. The van der Waals surface area contributed by atoms with Gasteiger partial charge < -0.3 is 9.47 Å². The van der Waals surface area contributed by atoms with Gasteiger partial charge in [-0.15, -0.1) is 0 Å². The maximum Gasteiger partial charge on any atom is 0.123 e. The zero-order chi connectivity index (χ0) is 15.3. The molecule has 3 aromatic rings. The second-order valence-corrected chi connectivity index (χ2v) is 5.89. The molecule has 2 aromatic carbocycles. The molecule has 1 aliphatic heterocycles. The first kappa shape index (κ1) is 13.5. The Kier molecular flexibility index (Phi) is 3.01. The third kappa shape index (κ3) is 2.03. The SMILES string of the molecule is CN1CCc2c(c3cc(F)ccc3n2-c2ccc(F)cc2)C1. The topological polar surface area (TPSA) is 8.17 Å². The molecule has 0 atom stereocenters. The molecule has 0 spiro atoms. The highest BCUT2D eigenvalue weighted by Crippen LogP contribution is 2.33. The number of rotatable bonds is 1. The summed E-state index contributed by atoms with van der Waals surface area (Å²) >= 11 is 0. The van der Waals surface area contributed by atoms with Crippen LogP contribution in [0, 0.1) is 11.6 Å². The molecule has 0 unspecified atom stereocenters. The fraction of sp³-hybridized carbons (Fsp3) is 0.222. The van der Waals surface area contributed by atoms with E-state index in [2.05, 4.69) is 16.5 Å². The van der Waals surface area contributed by atoms with Gasteiger partial charge in [0.15, 0.2) is 0 Å². The molecular formula is C18H16F2N2. The summed E-state index contributed by atoms with van der Waals surface area (Å²) in [5.41, 5.74) is 4.27. The number of benzene rings is 2. The van der Waals surface area contributed by atoms with Crippen LogP contribution in [0.5, 0.6) is 0 Å². The van der Waals surface area contributed by atoms with Crippen molar-refractivity contribution in [3.63, 3.8) is 0 Å². The van der Waals surface area contributed by atoms with Gasteiger partial charge in [0.25, 0.3) is 0 Å². The second-order valence-electron chi connectivity index (χ2n) is 5.89. The predicted octanol–water partition coefficient (Wildman–Crippen LogP) is 3.90. The van der Waals surface area contributed by atoms with Crippen LogP contribution in [0.3, 0.4) is 0 Å². The van der Waals surface area contributed by atoms with Crippen LogP contribution in [0.25, 0.3) is 16.6 Å². The maximum atomic E-state index is 13.7. The summed E-state index contributed by atoms with van der Waals surface area (Å²) in [5.74, 6) is -0.473. The predicted molar refractivity (Wildman–Crippen MR) is 83.2 cm³/mol. The van der Waals surface area contributed by atoms with Crippen molar-refractivity contribution in [1.82, 2.24) is 9.47 Å². The molecule has 22 heavy (non-hydrogen) atoms. The number of hydrogen-bond acceptors (Lipinski definition) is 1. The Bertz CT molecular complexity index is 850. The van der Waals surface area contributed by atoms with E-state index in [-0.39, 0.29) is 11.6 Å². The van der Waals surface area contributed by atoms with Crippen LogP contribution in [0.4, 0.5) is 8.78 Å². The number of halogens is 2. The third-order valence-corrected chi connectivity index (χ3v) is 4.39. The van der Waals surface area contributed by atoms with Gasteiger partial charge in [-0.1, -0.05) is 0 Å². The standard InChI is InChI=1S/C18H16F2N2/c1-21-9-8-18-16(11-21)15-10-13(20)4-7-17(15)22(18)14-5-2-12(19)3-6-14/h2-7,10H,8-9,11H2,1H3. The molecule has 1 aromatic heterocycles. The van der Waals surface area contributed by atoms with E-state index in [9.17, 15) is 8.78 Å². The molecular weight excluding hydrogens is 282 g/mol. The smallest absolute Gasteiger partial charge is 0.123 e. The van der Waals surface area contributed by atoms with Gasteiger partial charge in [0.2, 0.25) is 0 Å². The minimum Gasteiger partial charge on any atom is -0.313 e. The molecule has 2 heterocycles. The van der Waals surface area contributed by atoms with Crippen molar-refractivity contribution in [2.45, 2.75) is 13.0 Å². The lowest BCUT2D eigenvalue weighted by atomic mass is 10.0. The highest BCUT2D eigenvalue weighted by atomic mass is 19.1. The normalized spacial score (nSPS) is 15.2. The van der Waals surface area contributed by atoms with E-state index < -0.39 is 0 Å². The van der Waals surface area contributed by atoms with Crippen molar-refractivity contribution in [3.8, 4) is 5.69 Å². The average molecular weight is 298 g/mol. The van der Waals surface area contributed by atoms with E-state index in [1.165, 1.54) is 29.5 Å². The fourth-order valence-electron chi connectivity index (χ4n) is 3.35. The van der Waals surface area contributed by atoms with Gasteiger partial charge in [-0.3, -0.25) is 0 Å². The minimum atomic E-state index is -0.250. The van der Waals surface area contributed by atoms with Crippen molar-refractivity contribution in [1.29, 1.82) is 0 Å². The summed E-state index contributed by atoms with van der Waals surface area (Å²) in [6, 6.07) is 11.4. The monoisotopic (exact) mass is 298 g/mol. The first-order valence-electron chi connectivity index (χ1n) is 7.39. The largest absolute Gasteiger partial charge is 0.313 e. The van der Waals surface area contributed by atoms with Crippen molar-refractivity contribution in [3.05, 3.63) is 65.4 Å². The summed E-state index contributed by atoms with van der Waals surface area (Å²) in [5, 5.41) is 0.950. The van der Waals surface area contributed by atoms with Gasteiger partial charge in [-0.2, -0.15) is 0 Å². The van der Waals surface area contributed by atoms with E-state index in [4.69, 9.17) is 0 Å². The molecule has 0 radical (unpaired) electrons. The summed E-state index contributed by atoms with van der Waals surface area (Å²) in [7, 11) is 2.07. The molecule has 112 valence electrons. The highest BCUT2D eigenvalue weighted by Gasteiger charge is 2.23. The summed E-state index contributed by atoms with van der Waals surface area (Å²) < 4.78 is 29.1. The van der Waals surface area contributed by atoms with Gasteiger partial charge in [0.1, 0.15) is 11.6 Å². The number of nitrogens with zero attached hydrogens (tertiary/aromatic N) is 2. The van der Waals surface area contributed by atoms with E-state index in [0.29, 0.717) is 0 Å². The molecule has 1 aliphatic rings. The van der Waals surface area contributed by atoms with Crippen molar-refractivity contribution >= 4 is 10.9 Å². The van der Waals surface area contributed by atoms with Crippen LogP contribution < -0.4 is 0 Å². The van der Waals surface area contributed by atoms with Crippen LogP contribution in [0.1, 0.15) is 11.3 Å². The van der Waals surface area contributed by atoms with E-state index >= 15 is 0 Å². The second kappa shape index (κ2) is 4.92. The van der Waals surface area contributed by atoms with Gasteiger partial charge in [0.05, 0.1) is 5.52 Å². The zero-order valence-electron chi connectivity index (χ0n) is 12.3. The quantitative estimate of drug-likeness (QED) is 0.661. The van der Waals surface area contributed by atoms with Crippen molar-refractivity contribution < 1.29 is 8.78 Å². The molecule has 0 aliphatic carbocycles. The lowest BCUT2D eigenvalue weighted by Gasteiger charge is -2.24. The van der Waals surface area contributed by atoms with Crippen LogP contribution in [0.2, 0.25) is 0 Å². The molecule has 0 fully saturated rings. The van der Waals surface area contributed by atoms with E-state index in [0.717, 1.165) is 36.1 Å². The Morgan fingerprint density at radius 1 is 0.955 bits per heavy atom. The lowest BCUT2D eigenvalue weighted by molar-refractivity contribution is 0.311.